The maximum Gasteiger partial charge on any atom is 0.269 e. The number of ether oxygens (including phenoxy) is 1. The van der Waals surface area contributed by atoms with Crippen LogP contribution in [0.1, 0.15) is 5.89 Å². The molecule has 1 aromatic carbocycles. The molecule has 0 spiro atoms. The van der Waals surface area contributed by atoms with Gasteiger partial charge in [0.2, 0.25) is 5.82 Å². The molecular weight excluding hydrogens is 226 g/mol. The van der Waals surface area contributed by atoms with E-state index in [0.29, 0.717) is 17.3 Å². The molecule has 88 valence electrons. The van der Waals surface area contributed by atoms with Crippen molar-refractivity contribution in [2.45, 2.75) is 6.61 Å². The van der Waals surface area contributed by atoms with Crippen LogP contribution in [0, 0.1) is 10.1 Å². The molecule has 0 atom stereocenters. The summed E-state index contributed by atoms with van der Waals surface area (Å²) in [7, 11) is 1.52. The van der Waals surface area contributed by atoms with Crippen LogP contribution in [0.5, 0.6) is 0 Å². The molecule has 7 heteroatoms. The first-order valence-corrected chi connectivity index (χ1v) is 4.77. The van der Waals surface area contributed by atoms with Crippen molar-refractivity contribution in [3.63, 3.8) is 0 Å². The zero-order valence-corrected chi connectivity index (χ0v) is 8.99. The largest absolute Gasteiger partial charge is 0.375 e. The molecule has 0 amide bonds. The number of aromatic nitrogens is 2. The number of hydrogen-bond acceptors (Lipinski definition) is 6. The average molecular weight is 235 g/mol. The molecule has 0 radical (unpaired) electrons. The van der Waals surface area contributed by atoms with E-state index in [2.05, 4.69) is 10.1 Å². The van der Waals surface area contributed by atoms with Gasteiger partial charge in [-0.3, -0.25) is 10.1 Å². The van der Waals surface area contributed by atoms with Gasteiger partial charge in [0.05, 0.1) is 4.92 Å². The second kappa shape index (κ2) is 4.71. The highest BCUT2D eigenvalue weighted by molar-refractivity contribution is 5.56. The molecule has 2 rings (SSSR count). The van der Waals surface area contributed by atoms with Gasteiger partial charge in [-0.05, 0) is 12.1 Å². The first-order valence-electron chi connectivity index (χ1n) is 4.77. The van der Waals surface area contributed by atoms with E-state index in [-0.39, 0.29) is 12.3 Å². The third kappa shape index (κ3) is 2.45. The SMILES string of the molecule is COCc1nc(-c2ccc([N+](=O)[O-])cc2)no1. The van der Waals surface area contributed by atoms with Crippen LogP contribution in [0.25, 0.3) is 11.4 Å². The summed E-state index contributed by atoms with van der Waals surface area (Å²) in [5.41, 5.74) is 0.677. The van der Waals surface area contributed by atoms with E-state index in [9.17, 15) is 10.1 Å². The van der Waals surface area contributed by atoms with E-state index >= 15 is 0 Å². The number of methoxy groups -OCH3 is 1. The van der Waals surface area contributed by atoms with E-state index in [0.717, 1.165) is 0 Å². The summed E-state index contributed by atoms with van der Waals surface area (Å²) in [5, 5.41) is 14.2. The van der Waals surface area contributed by atoms with Gasteiger partial charge >= 0.3 is 0 Å². The van der Waals surface area contributed by atoms with E-state index in [1.54, 1.807) is 12.1 Å². The first kappa shape index (κ1) is 11.2. The lowest BCUT2D eigenvalue weighted by Crippen LogP contribution is -1.89. The van der Waals surface area contributed by atoms with Crippen molar-refractivity contribution in [2.24, 2.45) is 0 Å². The molecule has 0 aliphatic heterocycles. The Morgan fingerprint density at radius 3 is 2.71 bits per heavy atom. The lowest BCUT2D eigenvalue weighted by molar-refractivity contribution is -0.384. The quantitative estimate of drug-likeness (QED) is 0.592. The van der Waals surface area contributed by atoms with Crippen molar-refractivity contribution < 1.29 is 14.2 Å². The van der Waals surface area contributed by atoms with Crippen LogP contribution in [0.4, 0.5) is 5.69 Å². The molecule has 0 N–H and O–H groups in total. The van der Waals surface area contributed by atoms with Gasteiger partial charge in [0, 0.05) is 24.8 Å². The molecule has 0 aliphatic carbocycles. The molecule has 2 aromatic rings. The Balaban J connectivity index is 2.23. The van der Waals surface area contributed by atoms with E-state index < -0.39 is 4.92 Å². The maximum absolute atomic E-state index is 10.5. The number of rotatable bonds is 4. The van der Waals surface area contributed by atoms with Gasteiger partial charge < -0.3 is 9.26 Å². The maximum atomic E-state index is 10.5. The van der Waals surface area contributed by atoms with Gasteiger partial charge in [-0.2, -0.15) is 4.98 Å². The number of nitrogens with zero attached hydrogens (tertiary/aromatic N) is 3. The predicted molar refractivity (Wildman–Crippen MR) is 57.1 cm³/mol. The van der Waals surface area contributed by atoms with Crippen molar-refractivity contribution >= 4 is 5.69 Å². The monoisotopic (exact) mass is 235 g/mol. The number of nitro groups is 1. The lowest BCUT2D eigenvalue weighted by Gasteiger charge is -1.93. The summed E-state index contributed by atoms with van der Waals surface area (Å²) >= 11 is 0. The molecule has 7 nitrogen and oxygen atoms in total. The second-order valence-corrected chi connectivity index (χ2v) is 3.25. The summed E-state index contributed by atoms with van der Waals surface area (Å²) in [4.78, 5) is 14.1. The van der Waals surface area contributed by atoms with Gasteiger partial charge in [-0.1, -0.05) is 5.16 Å². The van der Waals surface area contributed by atoms with Crippen molar-refractivity contribution in [1.82, 2.24) is 10.1 Å². The molecule has 1 heterocycles. The van der Waals surface area contributed by atoms with Gasteiger partial charge in [-0.15, -0.1) is 0 Å². The molecular formula is C10H9N3O4. The zero-order valence-electron chi connectivity index (χ0n) is 8.99. The molecule has 0 aliphatic rings. The predicted octanol–water partition coefficient (Wildman–Crippen LogP) is 1.79. The average Bonchev–Trinajstić information content (AvgIpc) is 2.78. The molecule has 0 fully saturated rings. The minimum Gasteiger partial charge on any atom is -0.375 e. The Hall–Kier alpha value is -2.28. The summed E-state index contributed by atoms with van der Waals surface area (Å²) in [5.74, 6) is 0.743. The molecule has 0 bridgehead atoms. The Morgan fingerprint density at radius 1 is 1.41 bits per heavy atom. The van der Waals surface area contributed by atoms with Crippen LogP contribution >= 0.6 is 0 Å². The molecule has 0 saturated heterocycles. The van der Waals surface area contributed by atoms with Crippen molar-refractivity contribution in [3.05, 3.63) is 40.3 Å². The highest BCUT2D eigenvalue weighted by atomic mass is 16.6. The first-order chi connectivity index (χ1) is 8.20. The second-order valence-electron chi connectivity index (χ2n) is 3.25. The topological polar surface area (TPSA) is 91.3 Å². The minimum absolute atomic E-state index is 0.0226. The Kier molecular flexibility index (Phi) is 3.10. The molecule has 0 saturated carbocycles. The van der Waals surface area contributed by atoms with Gasteiger partial charge in [0.25, 0.3) is 11.6 Å². The summed E-state index contributed by atoms with van der Waals surface area (Å²) in [6.07, 6.45) is 0. The van der Waals surface area contributed by atoms with Gasteiger partial charge in [-0.25, -0.2) is 0 Å². The van der Waals surface area contributed by atoms with Crippen LogP contribution in [0.2, 0.25) is 0 Å². The van der Waals surface area contributed by atoms with Crippen LogP contribution in [0.15, 0.2) is 28.8 Å². The summed E-state index contributed by atoms with van der Waals surface area (Å²) in [6, 6.07) is 5.92. The number of non-ortho nitro benzene ring substituents is 1. The molecule has 1 aromatic heterocycles. The van der Waals surface area contributed by atoms with Crippen LogP contribution in [0.3, 0.4) is 0 Å². The van der Waals surface area contributed by atoms with E-state index in [4.69, 9.17) is 9.26 Å². The third-order valence-electron chi connectivity index (χ3n) is 2.07. The summed E-state index contributed by atoms with van der Waals surface area (Å²) in [6.45, 7) is 0.236. The van der Waals surface area contributed by atoms with Crippen LogP contribution in [-0.4, -0.2) is 22.2 Å². The number of benzene rings is 1. The molecule has 17 heavy (non-hydrogen) atoms. The Labute approximate surface area is 96.2 Å². The van der Waals surface area contributed by atoms with Crippen LogP contribution in [-0.2, 0) is 11.3 Å². The van der Waals surface area contributed by atoms with Gasteiger partial charge in [0.15, 0.2) is 0 Å². The Bertz CT molecular complexity index is 521. The number of hydrogen-bond donors (Lipinski definition) is 0. The smallest absolute Gasteiger partial charge is 0.269 e. The van der Waals surface area contributed by atoms with Crippen molar-refractivity contribution in [1.29, 1.82) is 0 Å². The van der Waals surface area contributed by atoms with E-state index in [1.165, 1.54) is 19.2 Å². The third-order valence-corrected chi connectivity index (χ3v) is 2.07. The van der Waals surface area contributed by atoms with Gasteiger partial charge in [0.1, 0.15) is 6.61 Å². The molecule has 0 unspecified atom stereocenters. The van der Waals surface area contributed by atoms with Crippen molar-refractivity contribution in [3.8, 4) is 11.4 Å². The number of nitro benzene ring substituents is 1. The zero-order chi connectivity index (χ0) is 12.3. The fraction of sp³-hybridized carbons (Fsp3) is 0.200. The normalized spacial score (nSPS) is 10.4. The fourth-order valence-corrected chi connectivity index (χ4v) is 1.29. The summed E-state index contributed by atoms with van der Waals surface area (Å²) < 4.78 is 9.76. The standard InChI is InChI=1S/C10H9N3O4/c1-16-6-9-11-10(12-17-9)7-2-4-8(5-3-7)13(14)15/h2-5H,6H2,1H3. The highest BCUT2D eigenvalue weighted by Crippen LogP contribution is 2.19. The Morgan fingerprint density at radius 2 is 2.12 bits per heavy atom. The fourth-order valence-electron chi connectivity index (χ4n) is 1.29. The highest BCUT2D eigenvalue weighted by Gasteiger charge is 2.10. The van der Waals surface area contributed by atoms with Crippen LogP contribution < -0.4 is 0 Å². The lowest BCUT2D eigenvalue weighted by atomic mass is 10.2. The van der Waals surface area contributed by atoms with E-state index in [1.807, 2.05) is 0 Å². The van der Waals surface area contributed by atoms with Crippen molar-refractivity contribution in [2.75, 3.05) is 7.11 Å². The minimum atomic E-state index is -0.462.